The van der Waals surface area contributed by atoms with Crippen LogP contribution in [0.25, 0.3) is 0 Å². The van der Waals surface area contributed by atoms with Crippen molar-refractivity contribution < 1.29 is 26.7 Å². The van der Waals surface area contributed by atoms with E-state index < -0.39 is 29.4 Å². The molecule has 0 bridgehead atoms. The number of amides is 1. The molecule has 122 valence electrons. The van der Waals surface area contributed by atoms with E-state index in [1.165, 1.54) is 0 Å². The van der Waals surface area contributed by atoms with Crippen LogP contribution < -0.4 is 5.32 Å². The zero-order chi connectivity index (χ0) is 17.0. The summed E-state index contributed by atoms with van der Waals surface area (Å²) in [6.07, 6.45) is -3.70. The highest BCUT2D eigenvalue weighted by molar-refractivity contribution is 7.99. The number of carbonyl (C=O) groups is 1. The van der Waals surface area contributed by atoms with Gasteiger partial charge in [-0.2, -0.15) is 13.2 Å². The van der Waals surface area contributed by atoms with Crippen molar-refractivity contribution in [3.63, 3.8) is 0 Å². The van der Waals surface area contributed by atoms with Gasteiger partial charge in [0.2, 0.25) is 5.91 Å². The molecule has 2 aromatic rings. The van der Waals surface area contributed by atoms with Gasteiger partial charge in [0.15, 0.2) is 5.16 Å². The first kappa shape index (κ1) is 17.1. The van der Waals surface area contributed by atoms with E-state index in [-0.39, 0.29) is 16.6 Å². The zero-order valence-electron chi connectivity index (χ0n) is 11.2. The molecule has 4 nitrogen and oxygen atoms in total. The molecular weight excluding hydrogens is 341 g/mol. The summed E-state index contributed by atoms with van der Waals surface area (Å²) in [6, 6.07) is 3.22. The number of benzene rings is 1. The van der Waals surface area contributed by atoms with Crippen molar-refractivity contribution in [3.8, 4) is 0 Å². The minimum atomic E-state index is -4.62. The van der Waals surface area contributed by atoms with E-state index in [1.54, 1.807) is 0 Å². The molecular formula is C13H8F5N3OS. The van der Waals surface area contributed by atoms with Gasteiger partial charge in [-0.3, -0.25) is 4.79 Å². The lowest BCUT2D eigenvalue weighted by Gasteiger charge is -2.07. The van der Waals surface area contributed by atoms with Crippen LogP contribution in [0.5, 0.6) is 0 Å². The Morgan fingerprint density at radius 1 is 1.22 bits per heavy atom. The third-order valence-electron chi connectivity index (χ3n) is 2.46. The van der Waals surface area contributed by atoms with Crippen LogP contribution in [0.15, 0.2) is 35.6 Å². The van der Waals surface area contributed by atoms with Crippen LogP contribution >= 0.6 is 11.8 Å². The first-order chi connectivity index (χ1) is 10.8. The van der Waals surface area contributed by atoms with Crippen LogP contribution in [0, 0.1) is 11.6 Å². The van der Waals surface area contributed by atoms with Crippen LogP contribution in [0.4, 0.5) is 27.6 Å². The average molecular weight is 349 g/mol. The second-order valence-electron chi connectivity index (χ2n) is 4.18. The van der Waals surface area contributed by atoms with Gasteiger partial charge >= 0.3 is 6.18 Å². The molecule has 0 fully saturated rings. The molecule has 1 heterocycles. The number of hydrogen-bond donors (Lipinski definition) is 1. The van der Waals surface area contributed by atoms with Crippen LogP contribution in [-0.4, -0.2) is 21.6 Å². The minimum absolute atomic E-state index is 0.255. The van der Waals surface area contributed by atoms with Gasteiger partial charge in [-0.15, -0.1) is 0 Å². The Morgan fingerprint density at radius 2 is 1.96 bits per heavy atom. The Morgan fingerprint density at radius 3 is 2.65 bits per heavy atom. The summed E-state index contributed by atoms with van der Waals surface area (Å²) >= 11 is 0.638. The molecule has 0 atom stereocenters. The molecule has 0 saturated heterocycles. The van der Waals surface area contributed by atoms with Crippen molar-refractivity contribution >= 4 is 23.4 Å². The minimum Gasteiger partial charge on any atom is -0.323 e. The number of hydrogen-bond acceptors (Lipinski definition) is 4. The molecule has 10 heteroatoms. The van der Waals surface area contributed by atoms with E-state index in [9.17, 15) is 26.7 Å². The van der Waals surface area contributed by atoms with Gasteiger partial charge in [0.05, 0.1) is 11.4 Å². The van der Waals surface area contributed by atoms with Crippen LogP contribution in [-0.2, 0) is 11.0 Å². The lowest BCUT2D eigenvalue weighted by atomic mass is 10.3. The molecule has 0 aliphatic carbocycles. The number of nitrogens with zero attached hydrogens (tertiary/aromatic N) is 2. The van der Waals surface area contributed by atoms with Crippen molar-refractivity contribution in [2.75, 3.05) is 11.1 Å². The lowest BCUT2D eigenvalue weighted by Crippen LogP contribution is -2.16. The monoisotopic (exact) mass is 349 g/mol. The smallest absolute Gasteiger partial charge is 0.323 e. The van der Waals surface area contributed by atoms with E-state index in [0.717, 1.165) is 24.4 Å². The topological polar surface area (TPSA) is 54.9 Å². The standard InChI is InChI=1S/C13H8F5N3OS/c14-7-1-2-8(15)9(5-7)20-11(22)6-23-12-19-4-3-10(21-12)13(16,17)18/h1-5H,6H2,(H,20,22). The largest absolute Gasteiger partial charge is 0.433 e. The van der Waals surface area contributed by atoms with Crippen molar-refractivity contribution in [2.24, 2.45) is 0 Å². The summed E-state index contributed by atoms with van der Waals surface area (Å²) in [5.74, 6) is -2.67. The molecule has 1 N–H and O–H groups in total. The van der Waals surface area contributed by atoms with Gasteiger partial charge in [-0.25, -0.2) is 18.7 Å². The van der Waals surface area contributed by atoms with Gasteiger partial charge in [0.1, 0.15) is 17.3 Å². The fraction of sp³-hybridized carbons (Fsp3) is 0.154. The van der Waals surface area contributed by atoms with Crippen molar-refractivity contribution in [3.05, 3.63) is 47.8 Å². The summed E-state index contributed by atoms with van der Waals surface area (Å²) in [7, 11) is 0. The van der Waals surface area contributed by atoms with Gasteiger partial charge in [-0.1, -0.05) is 11.8 Å². The molecule has 1 amide bonds. The third-order valence-corrected chi connectivity index (χ3v) is 3.32. The summed E-state index contributed by atoms with van der Waals surface area (Å²) in [5, 5.41) is 1.86. The lowest BCUT2D eigenvalue weighted by molar-refractivity contribution is -0.141. The summed E-state index contributed by atoms with van der Waals surface area (Å²) in [5.41, 5.74) is -1.49. The molecule has 0 unspecified atom stereocenters. The average Bonchev–Trinajstić information content (AvgIpc) is 2.48. The van der Waals surface area contributed by atoms with E-state index in [4.69, 9.17) is 0 Å². The van der Waals surface area contributed by atoms with Crippen molar-refractivity contribution in [2.45, 2.75) is 11.3 Å². The summed E-state index contributed by atoms with van der Waals surface area (Å²) in [6.45, 7) is 0. The number of carbonyl (C=O) groups excluding carboxylic acids is 1. The maximum Gasteiger partial charge on any atom is 0.433 e. The Labute approximate surface area is 131 Å². The molecule has 1 aromatic heterocycles. The number of halogens is 5. The molecule has 0 saturated carbocycles. The molecule has 0 aliphatic heterocycles. The summed E-state index contributed by atoms with van der Waals surface area (Å²) < 4.78 is 63.7. The van der Waals surface area contributed by atoms with E-state index in [2.05, 4.69) is 15.3 Å². The van der Waals surface area contributed by atoms with Crippen LogP contribution in [0.2, 0.25) is 0 Å². The number of rotatable bonds is 4. The number of aromatic nitrogens is 2. The normalized spacial score (nSPS) is 11.3. The second-order valence-corrected chi connectivity index (χ2v) is 5.13. The van der Waals surface area contributed by atoms with Crippen LogP contribution in [0.3, 0.4) is 0 Å². The quantitative estimate of drug-likeness (QED) is 0.521. The SMILES string of the molecule is O=C(CSc1nccc(C(F)(F)F)n1)Nc1cc(F)ccc1F. The van der Waals surface area contributed by atoms with Gasteiger partial charge in [-0.05, 0) is 18.2 Å². The maximum absolute atomic E-state index is 13.3. The highest BCUT2D eigenvalue weighted by Gasteiger charge is 2.32. The van der Waals surface area contributed by atoms with Crippen molar-refractivity contribution in [1.29, 1.82) is 0 Å². The molecule has 0 radical (unpaired) electrons. The number of anilines is 1. The summed E-state index contributed by atoms with van der Waals surface area (Å²) in [4.78, 5) is 18.5. The highest BCUT2D eigenvalue weighted by atomic mass is 32.2. The molecule has 0 spiro atoms. The Hall–Kier alpha value is -2.23. The molecule has 2 rings (SSSR count). The Balaban J connectivity index is 1.98. The maximum atomic E-state index is 13.3. The predicted octanol–water partition coefficient (Wildman–Crippen LogP) is 3.50. The number of alkyl halides is 3. The number of thioether (sulfide) groups is 1. The number of nitrogens with one attached hydrogen (secondary N) is 1. The third kappa shape index (κ3) is 4.88. The zero-order valence-corrected chi connectivity index (χ0v) is 12.0. The molecule has 0 aliphatic rings. The van der Waals surface area contributed by atoms with Gasteiger partial charge < -0.3 is 5.32 Å². The highest BCUT2D eigenvalue weighted by Crippen LogP contribution is 2.28. The van der Waals surface area contributed by atoms with Gasteiger partial charge in [0, 0.05) is 12.3 Å². The van der Waals surface area contributed by atoms with E-state index in [1.807, 2.05) is 0 Å². The fourth-order valence-electron chi connectivity index (χ4n) is 1.48. The van der Waals surface area contributed by atoms with E-state index in [0.29, 0.717) is 17.8 Å². The van der Waals surface area contributed by atoms with Gasteiger partial charge in [0.25, 0.3) is 0 Å². The molecule has 1 aromatic carbocycles. The second kappa shape index (κ2) is 6.90. The Bertz CT molecular complexity index is 723. The molecule has 23 heavy (non-hydrogen) atoms. The first-order valence-corrected chi connectivity index (χ1v) is 7.02. The van der Waals surface area contributed by atoms with Crippen LogP contribution in [0.1, 0.15) is 5.69 Å². The predicted molar refractivity (Wildman–Crippen MR) is 72.7 cm³/mol. The van der Waals surface area contributed by atoms with Crippen molar-refractivity contribution in [1.82, 2.24) is 9.97 Å². The first-order valence-electron chi connectivity index (χ1n) is 6.03. The fourth-order valence-corrected chi connectivity index (χ4v) is 2.11. The Kier molecular flexibility index (Phi) is 5.14. The van der Waals surface area contributed by atoms with E-state index >= 15 is 0 Å².